The van der Waals surface area contributed by atoms with Gasteiger partial charge in [-0.1, -0.05) is 20.8 Å². The highest BCUT2D eigenvalue weighted by Gasteiger charge is 2.37. The lowest BCUT2D eigenvalue weighted by molar-refractivity contribution is -0.140. The molecule has 3 heterocycles. The summed E-state index contributed by atoms with van der Waals surface area (Å²) in [5.74, 6) is -0.940. The van der Waals surface area contributed by atoms with Crippen molar-refractivity contribution in [3.8, 4) is 11.3 Å². The van der Waals surface area contributed by atoms with Gasteiger partial charge in [0.1, 0.15) is 17.2 Å². The van der Waals surface area contributed by atoms with E-state index in [1.54, 1.807) is 17.7 Å². The second-order valence-corrected chi connectivity index (χ2v) is 12.1. The number of hydrogen-bond acceptors (Lipinski definition) is 4. The zero-order chi connectivity index (χ0) is 25.1. The zero-order valence-electron chi connectivity index (χ0n) is 19.3. The average Bonchev–Trinajstić information content (AvgIpc) is 3.50. The highest BCUT2D eigenvalue weighted by Crippen LogP contribution is 2.38. The number of nitrogens with one attached hydrogen (secondary N) is 1. The quantitative estimate of drug-likeness (QED) is 0.475. The van der Waals surface area contributed by atoms with Crippen LogP contribution in [-0.4, -0.2) is 28.2 Å². The van der Waals surface area contributed by atoms with Crippen molar-refractivity contribution < 1.29 is 26.0 Å². The van der Waals surface area contributed by atoms with Crippen molar-refractivity contribution in [2.45, 2.75) is 65.1 Å². The maximum absolute atomic E-state index is 15.2. The molecule has 0 bridgehead atoms. The Bertz CT molecular complexity index is 1350. The molecule has 1 fully saturated rings. The van der Waals surface area contributed by atoms with Crippen LogP contribution in [0.25, 0.3) is 22.3 Å². The van der Waals surface area contributed by atoms with E-state index in [9.17, 15) is 21.6 Å². The van der Waals surface area contributed by atoms with Gasteiger partial charge in [-0.25, -0.2) is 22.5 Å². The van der Waals surface area contributed by atoms with E-state index in [1.807, 2.05) is 20.8 Å². The number of hydrogen-bond donors (Lipinski definition) is 1. The number of aromatic nitrogens is 3. The molecular formula is C23H26F4N4O2S. The molecule has 0 saturated heterocycles. The van der Waals surface area contributed by atoms with E-state index < -0.39 is 44.2 Å². The predicted octanol–water partition coefficient (Wildman–Crippen LogP) is 5.19. The van der Waals surface area contributed by atoms with E-state index >= 15 is 4.39 Å². The third kappa shape index (κ3) is 5.10. The molecule has 1 N–H and O–H groups in total. The van der Waals surface area contributed by atoms with Gasteiger partial charge in [0.15, 0.2) is 5.69 Å². The minimum absolute atomic E-state index is 0.0628. The molecule has 6 nitrogen and oxygen atoms in total. The molecule has 1 saturated carbocycles. The first-order valence-corrected chi connectivity index (χ1v) is 12.4. The predicted molar refractivity (Wildman–Crippen MR) is 121 cm³/mol. The van der Waals surface area contributed by atoms with Gasteiger partial charge >= 0.3 is 6.18 Å². The molecule has 0 atom stereocenters. The van der Waals surface area contributed by atoms with Crippen LogP contribution in [0.2, 0.25) is 0 Å². The Labute approximate surface area is 195 Å². The number of pyridine rings is 2. The number of alkyl halides is 3. The highest BCUT2D eigenvalue weighted by molar-refractivity contribution is 7.90. The van der Waals surface area contributed by atoms with Crippen LogP contribution in [0.3, 0.4) is 0 Å². The summed E-state index contributed by atoms with van der Waals surface area (Å²) in [6.07, 6.45) is -0.818. The maximum Gasteiger partial charge on any atom is 0.434 e. The third-order valence-corrected chi connectivity index (χ3v) is 7.40. The van der Waals surface area contributed by atoms with Crippen LogP contribution in [0, 0.1) is 18.2 Å². The van der Waals surface area contributed by atoms with Gasteiger partial charge in [0, 0.05) is 36.4 Å². The maximum atomic E-state index is 15.2. The summed E-state index contributed by atoms with van der Waals surface area (Å²) in [5.41, 5.74) is -1.11. The van der Waals surface area contributed by atoms with E-state index in [2.05, 4.69) is 14.7 Å². The van der Waals surface area contributed by atoms with Crippen molar-refractivity contribution in [2.75, 3.05) is 0 Å². The smallest absolute Gasteiger partial charge is 0.332 e. The van der Waals surface area contributed by atoms with E-state index in [1.165, 1.54) is 6.07 Å². The van der Waals surface area contributed by atoms with Crippen LogP contribution in [-0.2, 0) is 29.3 Å². The molecule has 3 aromatic heterocycles. The molecule has 3 aromatic rings. The molecule has 1 aliphatic carbocycles. The molecule has 4 rings (SSSR count). The second-order valence-electron chi connectivity index (χ2n) is 10.0. The lowest BCUT2D eigenvalue weighted by Gasteiger charge is -2.20. The molecule has 0 spiro atoms. The van der Waals surface area contributed by atoms with Gasteiger partial charge in [-0.3, -0.25) is 4.98 Å². The third-order valence-electron chi connectivity index (χ3n) is 5.51. The van der Waals surface area contributed by atoms with Crippen LogP contribution >= 0.6 is 0 Å². The van der Waals surface area contributed by atoms with Crippen molar-refractivity contribution in [1.82, 2.24) is 19.3 Å². The van der Waals surface area contributed by atoms with Crippen LogP contribution in [0.5, 0.6) is 0 Å². The standard InChI is InChI=1S/C23H26F4N4O2S/c1-13-7-17(20(28-9-13)23(25,26)27)19-18(24)8-16-14(10-29-34(32,33)15-5-6-15)11-31(21(16)30-19)12-22(2,3)4/h7-9,11,15,29H,5-6,10,12H2,1-4H3. The number of nitrogens with zero attached hydrogens (tertiary/aromatic N) is 3. The summed E-state index contributed by atoms with van der Waals surface area (Å²) >= 11 is 0. The average molecular weight is 499 g/mol. The van der Waals surface area contributed by atoms with Gasteiger partial charge in [0.25, 0.3) is 0 Å². The van der Waals surface area contributed by atoms with Crippen molar-refractivity contribution in [3.05, 3.63) is 47.2 Å². The molecule has 0 radical (unpaired) electrons. The second kappa shape index (κ2) is 8.30. The molecule has 0 amide bonds. The molecule has 184 valence electrons. The summed E-state index contributed by atoms with van der Waals surface area (Å²) in [6.45, 7) is 7.88. The first kappa shape index (κ1) is 24.6. The molecule has 0 unspecified atom stereocenters. The van der Waals surface area contributed by atoms with Gasteiger partial charge in [0.05, 0.1) is 5.25 Å². The number of halogens is 4. The molecule has 34 heavy (non-hydrogen) atoms. The minimum atomic E-state index is -4.79. The fraction of sp³-hybridized carbons (Fsp3) is 0.478. The highest BCUT2D eigenvalue weighted by atomic mass is 32.2. The molecular weight excluding hydrogens is 472 g/mol. The van der Waals surface area contributed by atoms with E-state index in [0.29, 0.717) is 35.9 Å². The van der Waals surface area contributed by atoms with Crippen molar-refractivity contribution >= 4 is 21.1 Å². The normalized spacial score (nSPS) is 15.3. The number of rotatable bonds is 6. The molecule has 1 aliphatic rings. The fourth-order valence-corrected chi connectivity index (χ4v) is 5.21. The Morgan fingerprint density at radius 3 is 2.44 bits per heavy atom. The van der Waals surface area contributed by atoms with E-state index in [0.717, 1.165) is 12.3 Å². The summed E-state index contributed by atoms with van der Waals surface area (Å²) in [6, 6.07) is 2.34. The molecule has 0 aromatic carbocycles. The lowest BCUT2D eigenvalue weighted by atomic mass is 9.97. The molecule has 11 heteroatoms. The number of sulfonamides is 1. The summed E-state index contributed by atoms with van der Waals surface area (Å²) in [4.78, 5) is 7.83. The van der Waals surface area contributed by atoms with Crippen LogP contribution in [0.15, 0.2) is 24.5 Å². The Morgan fingerprint density at radius 1 is 1.18 bits per heavy atom. The lowest BCUT2D eigenvalue weighted by Crippen LogP contribution is -2.26. The van der Waals surface area contributed by atoms with Crippen molar-refractivity contribution in [3.63, 3.8) is 0 Å². The minimum Gasteiger partial charge on any atom is -0.332 e. The number of fused-ring (bicyclic) bond motifs is 1. The van der Waals surface area contributed by atoms with Gasteiger partial charge < -0.3 is 4.57 Å². The van der Waals surface area contributed by atoms with Crippen LogP contribution in [0.1, 0.15) is 50.4 Å². The largest absolute Gasteiger partial charge is 0.434 e. The van der Waals surface area contributed by atoms with Crippen molar-refractivity contribution in [2.24, 2.45) is 5.41 Å². The van der Waals surface area contributed by atoms with Gasteiger partial charge in [-0.05, 0) is 48.4 Å². The summed E-state index contributed by atoms with van der Waals surface area (Å²) < 4.78 is 85.0. The topological polar surface area (TPSA) is 76.9 Å². The summed E-state index contributed by atoms with van der Waals surface area (Å²) in [5, 5.41) is -0.0651. The SMILES string of the molecule is Cc1cnc(C(F)(F)F)c(-c2nc3c(cc2F)c(CNS(=O)(=O)C2CC2)cn3CC(C)(C)C)c1. The van der Waals surface area contributed by atoms with Gasteiger partial charge in [-0.15, -0.1) is 0 Å². The zero-order valence-corrected chi connectivity index (χ0v) is 20.1. The van der Waals surface area contributed by atoms with E-state index in [-0.39, 0.29) is 17.6 Å². The summed E-state index contributed by atoms with van der Waals surface area (Å²) in [7, 11) is -3.47. The Hall–Kier alpha value is -2.53. The number of aryl methyl sites for hydroxylation is 1. The molecule has 0 aliphatic heterocycles. The Balaban J connectivity index is 1.87. The first-order valence-electron chi connectivity index (χ1n) is 10.9. The monoisotopic (exact) mass is 498 g/mol. The van der Waals surface area contributed by atoms with Gasteiger partial charge in [0.2, 0.25) is 10.0 Å². The van der Waals surface area contributed by atoms with E-state index in [4.69, 9.17) is 0 Å². The fourth-order valence-electron chi connectivity index (χ4n) is 3.86. The van der Waals surface area contributed by atoms with Crippen molar-refractivity contribution in [1.29, 1.82) is 0 Å². The van der Waals surface area contributed by atoms with Gasteiger partial charge in [-0.2, -0.15) is 13.2 Å². The Morgan fingerprint density at radius 2 is 1.85 bits per heavy atom. The van der Waals surface area contributed by atoms with Crippen LogP contribution < -0.4 is 4.72 Å². The Kier molecular flexibility index (Phi) is 6.00. The van der Waals surface area contributed by atoms with Crippen LogP contribution in [0.4, 0.5) is 17.6 Å². The first-order chi connectivity index (χ1) is 15.7.